The van der Waals surface area contributed by atoms with Crippen LogP contribution in [0.3, 0.4) is 0 Å². The minimum Gasteiger partial charge on any atom is -0.423 e. The van der Waals surface area contributed by atoms with Crippen LogP contribution in [0, 0.1) is 0 Å². The van der Waals surface area contributed by atoms with Crippen molar-refractivity contribution in [2.24, 2.45) is 0 Å². The van der Waals surface area contributed by atoms with E-state index in [1.807, 2.05) is 42.5 Å². The number of benzene rings is 7. The lowest BCUT2D eigenvalue weighted by Crippen LogP contribution is -2.30. The van der Waals surface area contributed by atoms with Gasteiger partial charge in [-0.15, -0.1) is 0 Å². The van der Waals surface area contributed by atoms with E-state index in [9.17, 15) is 10.0 Å². The molecule has 44 heavy (non-hydrogen) atoms. The summed E-state index contributed by atoms with van der Waals surface area (Å²) >= 11 is 0. The highest BCUT2D eigenvalue weighted by Gasteiger charge is 2.25. The summed E-state index contributed by atoms with van der Waals surface area (Å²) < 4.78 is 0. The Labute approximate surface area is 258 Å². The van der Waals surface area contributed by atoms with E-state index < -0.39 is 7.12 Å². The van der Waals surface area contributed by atoms with Gasteiger partial charge >= 0.3 is 7.12 Å². The van der Waals surface area contributed by atoms with Gasteiger partial charge in [0, 0.05) is 16.7 Å². The third kappa shape index (κ3) is 5.18. The van der Waals surface area contributed by atoms with Crippen LogP contribution < -0.4 is 10.4 Å². The maximum Gasteiger partial charge on any atom is 0.488 e. The van der Waals surface area contributed by atoms with E-state index in [0.717, 1.165) is 61.2 Å². The van der Waals surface area contributed by atoms with Crippen LogP contribution in [0.25, 0.3) is 44.2 Å². The van der Waals surface area contributed by atoms with Crippen molar-refractivity contribution < 1.29 is 10.0 Å². The summed E-state index contributed by atoms with van der Waals surface area (Å²) in [6.45, 7) is 0. The van der Waals surface area contributed by atoms with Gasteiger partial charge in [0.25, 0.3) is 0 Å². The van der Waals surface area contributed by atoms with Gasteiger partial charge in [-0.1, -0.05) is 152 Å². The largest absolute Gasteiger partial charge is 0.488 e. The number of nitrogens with zero attached hydrogens (tertiary/aromatic N) is 1. The summed E-state index contributed by atoms with van der Waals surface area (Å²) in [6.07, 6.45) is 0. The fourth-order valence-electron chi connectivity index (χ4n) is 6.03. The van der Waals surface area contributed by atoms with Crippen LogP contribution in [0.5, 0.6) is 0 Å². The molecule has 0 radical (unpaired) electrons. The zero-order valence-electron chi connectivity index (χ0n) is 24.1. The van der Waals surface area contributed by atoms with Crippen LogP contribution in [-0.4, -0.2) is 17.2 Å². The van der Waals surface area contributed by atoms with E-state index in [0.29, 0.717) is 5.46 Å². The molecule has 2 N–H and O–H groups in total. The van der Waals surface area contributed by atoms with Crippen LogP contribution >= 0.6 is 0 Å². The van der Waals surface area contributed by atoms with Crippen LogP contribution in [0.4, 0.5) is 17.1 Å². The quantitative estimate of drug-likeness (QED) is 0.189. The van der Waals surface area contributed by atoms with Crippen molar-refractivity contribution in [1.29, 1.82) is 0 Å². The molecule has 0 aromatic heterocycles. The summed E-state index contributed by atoms with van der Waals surface area (Å²) in [7, 11) is -1.59. The van der Waals surface area contributed by atoms with Crippen molar-refractivity contribution >= 4 is 40.4 Å². The van der Waals surface area contributed by atoms with E-state index in [2.05, 4.69) is 126 Å². The van der Waals surface area contributed by atoms with Crippen molar-refractivity contribution in [3.8, 4) is 33.4 Å². The lowest BCUT2D eigenvalue weighted by Gasteiger charge is -2.32. The van der Waals surface area contributed by atoms with Gasteiger partial charge in [-0.05, 0) is 51.1 Å². The van der Waals surface area contributed by atoms with Crippen molar-refractivity contribution in [3.05, 3.63) is 170 Å². The molecule has 0 saturated carbocycles. The predicted octanol–water partition coefficient (Wildman–Crippen LogP) is 8.99. The standard InChI is InChI=1S/C40H30BNO2/c43-41(44)33-25-27-38(36(28-33)30-16-6-2-7-17-30)42(37-23-13-12-21-34(37)29-14-4-1-5-15-29)39-26-24-31-18-10-11-22-35(31)40(39)32-19-8-3-9-20-32/h1-28,43-44H. The highest BCUT2D eigenvalue weighted by Crippen LogP contribution is 2.49. The van der Waals surface area contributed by atoms with Gasteiger partial charge in [-0.3, -0.25) is 0 Å². The van der Waals surface area contributed by atoms with Crippen molar-refractivity contribution in [2.75, 3.05) is 4.90 Å². The maximum absolute atomic E-state index is 10.2. The highest BCUT2D eigenvalue weighted by molar-refractivity contribution is 6.58. The average Bonchev–Trinajstić information content (AvgIpc) is 3.09. The third-order valence-corrected chi connectivity index (χ3v) is 8.08. The monoisotopic (exact) mass is 567 g/mol. The van der Waals surface area contributed by atoms with Gasteiger partial charge in [0.15, 0.2) is 0 Å². The Morgan fingerprint density at radius 3 is 1.61 bits per heavy atom. The molecule has 0 aliphatic carbocycles. The first kappa shape index (κ1) is 27.4. The second-order valence-electron chi connectivity index (χ2n) is 10.8. The highest BCUT2D eigenvalue weighted by atomic mass is 16.4. The van der Waals surface area contributed by atoms with E-state index >= 15 is 0 Å². The lowest BCUT2D eigenvalue weighted by atomic mass is 9.78. The number of fused-ring (bicyclic) bond motifs is 1. The second-order valence-corrected chi connectivity index (χ2v) is 10.8. The van der Waals surface area contributed by atoms with Crippen LogP contribution in [-0.2, 0) is 0 Å². The third-order valence-electron chi connectivity index (χ3n) is 8.08. The molecule has 3 nitrogen and oxygen atoms in total. The van der Waals surface area contributed by atoms with E-state index in [4.69, 9.17) is 0 Å². The fourth-order valence-corrected chi connectivity index (χ4v) is 6.03. The van der Waals surface area contributed by atoms with Crippen LogP contribution in [0.2, 0.25) is 0 Å². The lowest BCUT2D eigenvalue weighted by molar-refractivity contribution is 0.426. The number of anilines is 3. The van der Waals surface area contributed by atoms with Gasteiger partial charge in [0.2, 0.25) is 0 Å². The number of hydrogen-bond acceptors (Lipinski definition) is 3. The van der Waals surface area contributed by atoms with Crippen LogP contribution in [0.1, 0.15) is 0 Å². The Hall–Kier alpha value is -5.42. The Bertz CT molecular complexity index is 2040. The molecule has 0 atom stereocenters. The summed E-state index contributed by atoms with van der Waals surface area (Å²) in [5.74, 6) is 0. The smallest absolute Gasteiger partial charge is 0.423 e. The first-order chi connectivity index (χ1) is 21.7. The molecule has 0 aliphatic heterocycles. The molecule has 0 amide bonds. The second kappa shape index (κ2) is 12.1. The molecule has 0 heterocycles. The first-order valence-corrected chi connectivity index (χ1v) is 14.8. The molecule has 0 saturated heterocycles. The summed E-state index contributed by atoms with van der Waals surface area (Å²) in [6, 6.07) is 58.2. The molecule has 0 bridgehead atoms. The molecule has 4 heteroatoms. The molecular weight excluding hydrogens is 537 g/mol. The van der Waals surface area contributed by atoms with Gasteiger partial charge in [-0.25, -0.2) is 0 Å². The molecule has 7 aromatic carbocycles. The summed E-state index contributed by atoms with van der Waals surface area (Å²) in [5.41, 5.74) is 9.71. The zero-order valence-corrected chi connectivity index (χ0v) is 24.1. The summed E-state index contributed by atoms with van der Waals surface area (Å²) in [4.78, 5) is 2.33. The van der Waals surface area contributed by atoms with Crippen molar-refractivity contribution in [1.82, 2.24) is 0 Å². The zero-order chi connectivity index (χ0) is 29.9. The number of hydrogen-bond donors (Lipinski definition) is 2. The van der Waals surface area contributed by atoms with E-state index in [1.165, 1.54) is 0 Å². The van der Waals surface area contributed by atoms with E-state index in [1.54, 1.807) is 6.07 Å². The summed E-state index contributed by atoms with van der Waals surface area (Å²) in [5, 5.41) is 22.7. The van der Waals surface area contributed by atoms with Gasteiger partial charge in [0.1, 0.15) is 0 Å². The molecular formula is C40H30BNO2. The molecule has 0 spiro atoms. The number of rotatable bonds is 7. The Morgan fingerprint density at radius 2 is 0.932 bits per heavy atom. The normalized spacial score (nSPS) is 11.0. The van der Waals surface area contributed by atoms with Crippen LogP contribution in [0.15, 0.2) is 170 Å². The first-order valence-electron chi connectivity index (χ1n) is 14.8. The SMILES string of the molecule is OB(O)c1ccc(N(c2ccccc2-c2ccccc2)c2ccc3ccccc3c2-c2ccccc2)c(-c2ccccc2)c1. The van der Waals surface area contributed by atoms with Gasteiger partial charge < -0.3 is 14.9 Å². The minimum absolute atomic E-state index is 0.436. The van der Waals surface area contributed by atoms with Gasteiger partial charge in [0.05, 0.1) is 17.1 Å². The average molecular weight is 567 g/mol. The molecule has 0 unspecified atom stereocenters. The Kier molecular flexibility index (Phi) is 7.52. The van der Waals surface area contributed by atoms with Gasteiger partial charge in [-0.2, -0.15) is 0 Å². The molecule has 0 aliphatic rings. The minimum atomic E-state index is -1.59. The topological polar surface area (TPSA) is 43.7 Å². The van der Waals surface area contributed by atoms with E-state index in [-0.39, 0.29) is 0 Å². The molecule has 7 aromatic rings. The Morgan fingerprint density at radius 1 is 0.409 bits per heavy atom. The number of para-hydroxylation sites is 1. The maximum atomic E-state index is 10.2. The molecule has 0 fully saturated rings. The molecule has 210 valence electrons. The van der Waals surface area contributed by atoms with Crippen molar-refractivity contribution in [3.63, 3.8) is 0 Å². The fraction of sp³-hybridized carbons (Fsp3) is 0. The molecule has 7 rings (SSSR count). The Balaban J connectivity index is 1.61. The van der Waals surface area contributed by atoms with Crippen molar-refractivity contribution in [2.45, 2.75) is 0 Å². The predicted molar refractivity (Wildman–Crippen MR) is 185 cm³/mol.